The standard InChI is InChI=1S/C15H32NSi.2CH3.Ti/c1-10-11(2)13(4)14(12(10)3)17(8,9)16-15(5,6)7;;;/h10-14H,1-9H3;2*1H3;/q3*-1;+4. The molecule has 1 fully saturated rings. The zero-order valence-electron chi connectivity index (χ0n) is 15.8. The summed E-state index contributed by atoms with van der Waals surface area (Å²) in [5.41, 5.74) is 0.983. The van der Waals surface area contributed by atoms with E-state index in [1.807, 2.05) is 0 Å². The van der Waals surface area contributed by atoms with Crippen LogP contribution >= 0.6 is 0 Å². The minimum absolute atomic E-state index is 0. The van der Waals surface area contributed by atoms with Crippen LogP contribution in [0.1, 0.15) is 48.5 Å². The summed E-state index contributed by atoms with van der Waals surface area (Å²) in [5.74, 6) is 3.40. The quantitative estimate of drug-likeness (QED) is 0.423. The summed E-state index contributed by atoms with van der Waals surface area (Å²) in [6.45, 7) is 21.5. The van der Waals surface area contributed by atoms with Crippen molar-refractivity contribution in [1.29, 1.82) is 0 Å². The third kappa shape index (κ3) is 5.59. The molecule has 0 bridgehead atoms. The Morgan fingerprint density at radius 1 is 0.750 bits per heavy atom. The molecule has 3 heteroatoms. The molecule has 0 heterocycles. The van der Waals surface area contributed by atoms with Gasteiger partial charge in [0.1, 0.15) is 0 Å². The first-order chi connectivity index (χ1) is 7.47. The molecule has 0 aromatic rings. The number of rotatable bonds is 2. The molecular weight excluding hydrogens is 294 g/mol. The van der Waals surface area contributed by atoms with Crippen molar-refractivity contribution in [2.24, 2.45) is 23.7 Å². The molecule has 0 radical (unpaired) electrons. The van der Waals surface area contributed by atoms with E-state index in [2.05, 4.69) is 61.6 Å². The largest absolute Gasteiger partial charge is 4.00 e. The van der Waals surface area contributed by atoms with E-state index in [0.717, 1.165) is 29.2 Å². The Balaban J connectivity index is -0.000000963. The predicted octanol–water partition coefficient (Wildman–Crippen LogP) is 6.19. The molecule has 20 heavy (non-hydrogen) atoms. The average molecular weight is 332 g/mol. The minimum Gasteiger partial charge on any atom is -0.660 e. The molecule has 1 aliphatic carbocycles. The first-order valence-electron chi connectivity index (χ1n) is 7.21. The van der Waals surface area contributed by atoms with Crippen molar-refractivity contribution in [3.05, 3.63) is 19.8 Å². The van der Waals surface area contributed by atoms with Crippen LogP contribution in [0.5, 0.6) is 0 Å². The van der Waals surface area contributed by atoms with E-state index in [0.29, 0.717) is 0 Å². The molecule has 0 spiro atoms. The normalized spacial score (nSPS) is 33.8. The van der Waals surface area contributed by atoms with Gasteiger partial charge in [0.05, 0.1) is 0 Å². The Kier molecular flexibility index (Phi) is 11.0. The maximum Gasteiger partial charge on any atom is 4.00 e. The second kappa shape index (κ2) is 8.50. The first-order valence-corrected chi connectivity index (χ1v) is 10.2. The Morgan fingerprint density at radius 3 is 1.30 bits per heavy atom. The Hall–Kier alpha value is 0.891. The summed E-state index contributed by atoms with van der Waals surface area (Å²) < 4.78 is 0. The van der Waals surface area contributed by atoms with Crippen molar-refractivity contribution in [3.63, 3.8) is 0 Å². The average Bonchev–Trinajstić information content (AvgIpc) is 2.27. The summed E-state index contributed by atoms with van der Waals surface area (Å²) in [6.07, 6.45) is 0. The van der Waals surface area contributed by atoms with E-state index in [-0.39, 0.29) is 42.1 Å². The van der Waals surface area contributed by atoms with Crippen molar-refractivity contribution in [2.75, 3.05) is 0 Å². The van der Waals surface area contributed by atoms with Crippen LogP contribution in [0.25, 0.3) is 4.98 Å². The molecule has 0 N–H and O–H groups in total. The summed E-state index contributed by atoms with van der Waals surface area (Å²) in [6, 6.07) is 0. The second-order valence-electron chi connectivity index (χ2n) is 7.90. The summed E-state index contributed by atoms with van der Waals surface area (Å²) in [7, 11) is -1.49. The molecule has 0 aromatic carbocycles. The van der Waals surface area contributed by atoms with Crippen LogP contribution in [0.2, 0.25) is 18.6 Å². The van der Waals surface area contributed by atoms with E-state index in [1.165, 1.54) is 0 Å². The van der Waals surface area contributed by atoms with E-state index < -0.39 is 8.24 Å². The fraction of sp³-hybridized carbons (Fsp3) is 0.882. The molecule has 0 amide bonds. The van der Waals surface area contributed by atoms with Gasteiger partial charge in [-0.05, 0) is 23.7 Å². The van der Waals surface area contributed by atoms with Gasteiger partial charge < -0.3 is 19.8 Å². The number of nitrogens with zero attached hydrogens (tertiary/aromatic N) is 1. The smallest absolute Gasteiger partial charge is 0.660 e. The topological polar surface area (TPSA) is 14.1 Å². The van der Waals surface area contributed by atoms with Crippen LogP contribution in [0.15, 0.2) is 0 Å². The van der Waals surface area contributed by atoms with Gasteiger partial charge in [-0.25, -0.2) is 0 Å². The first kappa shape index (κ1) is 25.8. The van der Waals surface area contributed by atoms with Crippen molar-refractivity contribution in [2.45, 2.75) is 72.6 Å². The van der Waals surface area contributed by atoms with E-state index >= 15 is 0 Å². The molecular formula is C17H38NSiTi+. The molecule has 0 aromatic heterocycles. The summed E-state index contributed by atoms with van der Waals surface area (Å²) in [5, 5.41) is 0. The fourth-order valence-electron chi connectivity index (χ4n) is 4.32. The van der Waals surface area contributed by atoms with Crippen LogP contribution in [0.3, 0.4) is 0 Å². The minimum atomic E-state index is -1.49. The Labute approximate surface area is 146 Å². The molecule has 4 unspecified atom stereocenters. The molecule has 4 atom stereocenters. The third-order valence-electron chi connectivity index (χ3n) is 5.06. The molecule has 118 valence electrons. The Bertz CT molecular complexity index is 259. The number of hydrogen-bond acceptors (Lipinski definition) is 0. The van der Waals surface area contributed by atoms with E-state index in [4.69, 9.17) is 4.98 Å². The van der Waals surface area contributed by atoms with Crippen LogP contribution < -0.4 is 0 Å². The van der Waals surface area contributed by atoms with Gasteiger partial charge in [0.15, 0.2) is 0 Å². The van der Waals surface area contributed by atoms with Gasteiger partial charge in [0.25, 0.3) is 0 Å². The maximum absolute atomic E-state index is 5.23. The van der Waals surface area contributed by atoms with Crippen molar-refractivity contribution in [3.8, 4) is 0 Å². The maximum atomic E-state index is 5.23. The molecule has 1 aliphatic rings. The summed E-state index contributed by atoms with van der Waals surface area (Å²) >= 11 is 0. The Morgan fingerprint density at radius 2 is 1.05 bits per heavy atom. The summed E-state index contributed by atoms with van der Waals surface area (Å²) in [4.78, 5) is 5.23. The van der Waals surface area contributed by atoms with Crippen LogP contribution in [-0.4, -0.2) is 13.8 Å². The van der Waals surface area contributed by atoms with Crippen molar-refractivity contribution >= 4 is 8.24 Å². The fourth-order valence-corrected chi connectivity index (χ4v) is 9.37. The van der Waals surface area contributed by atoms with Gasteiger partial charge in [-0.15, -0.1) is 5.54 Å². The number of hydrogen-bond donors (Lipinski definition) is 0. The van der Waals surface area contributed by atoms with Crippen LogP contribution in [0, 0.1) is 38.5 Å². The zero-order chi connectivity index (χ0) is 13.6. The predicted molar refractivity (Wildman–Crippen MR) is 93.8 cm³/mol. The molecule has 1 rings (SSSR count). The SMILES string of the molecule is CC1C(C)C(C)C([Si](C)(C)[N-]C(C)(C)C)C1C.[CH3-].[CH3-].[Ti+4]. The van der Waals surface area contributed by atoms with Crippen molar-refractivity contribution < 1.29 is 21.7 Å². The molecule has 0 saturated heterocycles. The van der Waals surface area contributed by atoms with Gasteiger partial charge >= 0.3 is 21.7 Å². The molecule has 1 saturated carbocycles. The van der Waals surface area contributed by atoms with Gasteiger partial charge in [-0.2, -0.15) is 0 Å². The van der Waals surface area contributed by atoms with Gasteiger partial charge in [-0.3, -0.25) is 0 Å². The van der Waals surface area contributed by atoms with Crippen LogP contribution in [0.4, 0.5) is 0 Å². The van der Waals surface area contributed by atoms with Gasteiger partial charge in [-0.1, -0.05) is 75.3 Å². The van der Waals surface area contributed by atoms with Crippen molar-refractivity contribution in [1.82, 2.24) is 0 Å². The molecule has 0 aliphatic heterocycles. The monoisotopic (exact) mass is 332 g/mol. The zero-order valence-corrected chi connectivity index (χ0v) is 18.4. The third-order valence-corrected chi connectivity index (χ3v) is 8.99. The van der Waals surface area contributed by atoms with Crippen LogP contribution in [-0.2, 0) is 21.7 Å². The molecule has 1 nitrogen and oxygen atoms in total. The van der Waals surface area contributed by atoms with Gasteiger partial charge in [0, 0.05) is 0 Å². The van der Waals surface area contributed by atoms with Gasteiger partial charge in [0.2, 0.25) is 0 Å². The second-order valence-corrected chi connectivity index (χ2v) is 12.1. The van der Waals surface area contributed by atoms with E-state index in [9.17, 15) is 0 Å². The van der Waals surface area contributed by atoms with E-state index in [1.54, 1.807) is 0 Å².